The smallest absolute Gasteiger partial charge is 0.306 e. The highest BCUT2D eigenvalue weighted by atomic mass is 16.6. The van der Waals surface area contributed by atoms with Gasteiger partial charge in [0.1, 0.15) is 0 Å². The summed E-state index contributed by atoms with van der Waals surface area (Å²) in [4.78, 5) is 13.6. The first-order valence-corrected chi connectivity index (χ1v) is 11.0. The number of fused-ring (bicyclic) bond motifs is 6. The number of amides is 1. The predicted molar refractivity (Wildman–Crippen MR) is 126 cm³/mol. The minimum absolute atomic E-state index is 0.223. The number of anilines is 1. The molecule has 34 heavy (non-hydrogen) atoms. The van der Waals surface area contributed by atoms with Crippen LogP contribution in [0, 0.1) is 0 Å². The summed E-state index contributed by atoms with van der Waals surface area (Å²) >= 11 is 0. The Bertz CT molecular complexity index is 1350. The Morgan fingerprint density at radius 3 is 2.56 bits per heavy atom. The Morgan fingerprint density at radius 1 is 0.971 bits per heavy atom. The van der Waals surface area contributed by atoms with E-state index in [4.69, 9.17) is 24.0 Å². The lowest BCUT2D eigenvalue weighted by molar-refractivity contribution is -0.161. The summed E-state index contributed by atoms with van der Waals surface area (Å²) in [6, 6.07) is 18.8. The second-order valence-electron chi connectivity index (χ2n) is 8.31. The highest BCUT2D eigenvalue weighted by Gasteiger charge is 2.61. The van der Waals surface area contributed by atoms with E-state index in [0.29, 0.717) is 35.1 Å². The van der Waals surface area contributed by atoms with E-state index in [0.717, 1.165) is 22.4 Å². The lowest BCUT2D eigenvalue weighted by atomic mass is 9.92. The molecule has 2 atom stereocenters. The van der Waals surface area contributed by atoms with E-state index in [9.17, 15) is 4.79 Å². The third kappa shape index (κ3) is 2.65. The van der Waals surface area contributed by atoms with Crippen molar-refractivity contribution in [2.45, 2.75) is 18.2 Å². The molecule has 0 radical (unpaired) electrons. The van der Waals surface area contributed by atoms with E-state index in [1.165, 1.54) is 0 Å². The first-order valence-electron chi connectivity index (χ1n) is 11.0. The summed E-state index contributed by atoms with van der Waals surface area (Å²) in [5, 5.41) is 9.75. The minimum Gasteiger partial charge on any atom is -0.493 e. The average molecular weight is 457 g/mol. The molecule has 3 aliphatic heterocycles. The quantitative estimate of drug-likeness (QED) is 0.636. The van der Waals surface area contributed by atoms with Gasteiger partial charge in [-0.3, -0.25) is 4.79 Å². The third-order valence-electron chi connectivity index (χ3n) is 6.64. The van der Waals surface area contributed by atoms with Gasteiger partial charge >= 0.3 is 5.72 Å². The molecule has 3 aliphatic rings. The zero-order valence-corrected chi connectivity index (χ0v) is 19.0. The molecule has 2 unspecified atom stereocenters. The number of rotatable bonds is 4. The van der Waals surface area contributed by atoms with Crippen molar-refractivity contribution < 1.29 is 23.7 Å². The molecule has 0 bridgehead atoms. The Morgan fingerprint density at radius 2 is 1.76 bits per heavy atom. The van der Waals surface area contributed by atoms with Crippen LogP contribution in [0.5, 0.6) is 23.0 Å². The van der Waals surface area contributed by atoms with Crippen LogP contribution in [-0.2, 0) is 10.5 Å². The fourth-order valence-corrected chi connectivity index (χ4v) is 5.04. The second-order valence-corrected chi connectivity index (χ2v) is 8.31. The van der Waals surface area contributed by atoms with E-state index in [1.54, 1.807) is 26.3 Å². The number of hydrogen-bond donors (Lipinski definition) is 1. The van der Waals surface area contributed by atoms with Gasteiger partial charge in [-0.05, 0) is 30.3 Å². The maximum atomic E-state index is 13.6. The Kier molecular flexibility index (Phi) is 4.45. The van der Waals surface area contributed by atoms with Gasteiger partial charge in [0, 0.05) is 17.5 Å². The summed E-state index contributed by atoms with van der Waals surface area (Å²) in [6.45, 7) is 0. The number of ether oxygens (including phenoxy) is 4. The Balaban J connectivity index is 1.55. The van der Waals surface area contributed by atoms with Gasteiger partial charge < -0.3 is 24.3 Å². The van der Waals surface area contributed by atoms with Crippen LogP contribution in [-0.4, -0.2) is 38.0 Å². The molecule has 3 heterocycles. The molecule has 6 rings (SSSR count). The van der Waals surface area contributed by atoms with E-state index in [-0.39, 0.29) is 11.9 Å². The monoisotopic (exact) mass is 457 g/mol. The van der Waals surface area contributed by atoms with Gasteiger partial charge in [-0.25, -0.2) is 5.01 Å². The van der Waals surface area contributed by atoms with Gasteiger partial charge in [0.05, 0.1) is 44.3 Å². The summed E-state index contributed by atoms with van der Waals surface area (Å²) in [5.74, 6) is 2.11. The fourth-order valence-electron chi connectivity index (χ4n) is 5.04. The van der Waals surface area contributed by atoms with Gasteiger partial charge in [0.25, 0.3) is 5.91 Å². The van der Waals surface area contributed by atoms with Crippen LogP contribution >= 0.6 is 0 Å². The molecule has 3 aromatic rings. The van der Waals surface area contributed by atoms with Crippen molar-refractivity contribution in [1.82, 2.24) is 5.01 Å². The van der Waals surface area contributed by atoms with Crippen molar-refractivity contribution in [3.63, 3.8) is 0 Å². The first-order chi connectivity index (χ1) is 16.6. The molecule has 0 aromatic heterocycles. The van der Waals surface area contributed by atoms with Crippen LogP contribution in [0.3, 0.4) is 0 Å². The van der Waals surface area contributed by atoms with Crippen LogP contribution in [0.1, 0.15) is 29.2 Å². The Labute approximate surface area is 196 Å². The van der Waals surface area contributed by atoms with Crippen LogP contribution in [0.25, 0.3) is 0 Å². The van der Waals surface area contributed by atoms with Crippen LogP contribution in [0.4, 0.5) is 5.69 Å². The Hall–Kier alpha value is -4.20. The highest BCUT2D eigenvalue weighted by Crippen LogP contribution is 2.56. The van der Waals surface area contributed by atoms with Crippen LogP contribution in [0.15, 0.2) is 65.8 Å². The molecule has 8 nitrogen and oxygen atoms in total. The van der Waals surface area contributed by atoms with E-state index >= 15 is 0 Å². The van der Waals surface area contributed by atoms with Gasteiger partial charge in [0.2, 0.25) is 0 Å². The van der Waals surface area contributed by atoms with Crippen molar-refractivity contribution in [1.29, 1.82) is 0 Å². The number of para-hydroxylation sites is 2. The molecule has 1 N–H and O–H groups in total. The molecule has 1 spiro atoms. The number of carbonyl (C=O) groups excluding carboxylic acids is 1. The van der Waals surface area contributed by atoms with Gasteiger partial charge in [-0.2, -0.15) is 5.10 Å². The molecule has 3 aromatic carbocycles. The maximum Gasteiger partial charge on any atom is 0.306 e. The number of hydrazone groups is 1. The lowest BCUT2D eigenvalue weighted by Gasteiger charge is -2.44. The zero-order valence-electron chi connectivity index (χ0n) is 19.0. The van der Waals surface area contributed by atoms with Crippen molar-refractivity contribution >= 4 is 17.3 Å². The molecule has 172 valence electrons. The first kappa shape index (κ1) is 20.4. The SMILES string of the molecule is COc1ccc(C2=NN3C(C2)c2cccc(OC)c2OC32C(=O)Nc3ccccc32)cc1OC. The number of hydrogen-bond acceptors (Lipinski definition) is 7. The highest BCUT2D eigenvalue weighted by molar-refractivity contribution is 6.07. The molecular weight excluding hydrogens is 434 g/mol. The number of benzene rings is 3. The van der Waals surface area contributed by atoms with Gasteiger partial charge in [-0.15, -0.1) is 0 Å². The zero-order chi connectivity index (χ0) is 23.4. The van der Waals surface area contributed by atoms with Crippen molar-refractivity contribution in [2.75, 3.05) is 26.6 Å². The maximum absolute atomic E-state index is 13.6. The van der Waals surface area contributed by atoms with Crippen LogP contribution < -0.4 is 24.3 Å². The molecule has 8 heteroatoms. The number of carbonyl (C=O) groups is 1. The van der Waals surface area contributed by atoms with Crippen molar-refractivity contribution in [3.05, 3.63) is 77.4 Å². The van der Waals surface area contributed by atoms with E-state index in [1.807, 2.05) is 60.7 Å². The normalized spacial score (nSPS) is 21.7. The molecular formula is C26H23N3O5. The average Bonchev–Trinajstić information content (AvgIpc) is 3.44. The molecule has 0 saturated carbocycles. The summed E-state index contributed by atoms with van der Waals surface area (Å²) in [6.07, 6.45) is 0.580. The summed E-state index contributed by atoms with van der Waals surface area (Å²) < 4.78 is 23.1. The molecule has 0 fully saturated rings. The van der Waals surface area contributed by atoms with E-state index in [2.05, 4.69) is 5.32 Å². The van der Waals surface area contributed by atoms with Crippen molar-refractivity contribution in [2.24, 2.45) is 5.10 Å². The fraction of sp³-hybridized carbons (Fsp3) is 0.231. The summed E-state index contributed by atoms with van der Waals surface area (Å²) in [5.41, 5.74) is 2.61. The van der Waals surface area contributed by atoms with E-state index < -0.39 is 5.72 Å². The van der Waals surface area contributed by atoms with Gasteiger partial charge in [0.15, 0.2) is 23.0 Å². The lowest BCUT2D eigenvalue weighted by Crippen LogP contribution is -2.55. The van der Waals surface area contributed by atoms with Crippen LogP contribution in [0.2, 0.25) is 0 Å². The standard InChI is InChI=1S/C26H23N3O5/c1-31-21-12-11-15(13-23(21)33-3)19-14-20-16-7-6-10-22(32-2)24(16)34-26(29(20)28-19)17-8-4-5-9-18(17)27-25(26)30/h4-13,20H,14H2,1-3H3,(H,27,30). The predicted octanol–water partition coefficient (Wildman–Crippen LogP) is 4.06. The number of methoxy groups -OCH3 is 3. The largest absolute Gasteiger partial charge is 0.493 e. The molecule has 1 amide bonds. The number of nitrogens with one attached hydrogen (secondary N) is 1. The second kappa shape index (κ2) is 7.41. The summed E-state index contributed by atoms with van der Waals surface area (Å²) in [7, 11) is 4.81. The minimum atomic E-state index is -1.44. The topological polar surface area (TPSA) is 81.6 Å². The molecule has 0 saturated heterocycles. The number of nitrogens with zero attached hydrogens (tertiary/aromatic N) is 2. The van der Waals surface area contributed by atoms with Crippen molar-refractivity contribution in [3.8, 4) is 23.0 Å². The third-order valence-corrected chi connectivity index (χ3v) is 6.64. The van der Waals surface area contributed by atoms with Gasteiger partial charge in [-0.1, -0.05) is 30.3 Å². The molecule has 0 aliphatic carbocycles.